The lowest BCUT2D eigenvalue weighted by atomic mass is 9.68. The van der Waals surface area contributed by atoms with Crippen LogP contribution in [0.25, 0.3) is 0 Å². The molecule has 3 rings (SSSR count). The zero-order chi connectivity index (χ0) is 13.3. The lowest BCUT2D eigenvalue weighted by Crippen LogP contribution is -2.39. The topological polar surface area (TPSA) is 29.1 Å². The first-order valence-corrected chi connectivity index (χ1v) is 7.49. The van der Waals surface area contributed by atoms with E-state index in [9.17, 15) is 4.79 Å². The molecule has 2 atom stereocenters. The van der Waals surface area contributed by atoms with Gasteiger partial charge in [-0.1, -0.05) is 56.5 Å². The number of hydrogen-bond donors (Lipinski definition) is 1. The minimum Gasteiger partial charge on any atom is -0.352 e. The number of carbonyl (C=O) groups is 1. The normalized spacial score (nSPS) is 31.0. The molecule has 1 N–H and O–H groups in total. The van der Waals surface area contributed by atoms with Crippen molar-refractivity contribution in [1.82, 2.24) is 5.32 Å². The monoisotopic (exact) mass is 257 g/mol. The minimum atomic E-state index is 0.151. The zero-order valence-corrected chi connectivity index (χ0v) is 11.7. The fourth-order valence-electron chi connectivity index (χ4n) is 3.63. The Hall–Kier alpha value is -1.31. The van der Waals surface area contributed by atoms with Crippen molar-refractivity contribution in [3.8, 4) is 0 Å². The maximum atomic E-state index is 11.8. The molecule has 1 aromatic carbocycles. The first-order chi connectivity index (χ1) is 9.16. The molecular formula is C17H23NO. The van der Waals surface area contributed by atoms with E-state index < -0.39 is 0 Å². The van der Waals surface area contributed by atoms with E-state index in [-0.39, 0.29) is 11.3 Å². The molecule has 1 heterocycles. The molecule has 1 aliphatic heterocycles. The van der Waals surface area contributed by atoms with Crippen LogP contribution in [0.1, 0.15) is 44.6 Å². The van der Waals surface area contributed by atoms with Gasteiger partial charge in [0.2, 0.25) is 5.91 Å². The standard InChI is InChI=1S/C17H23NO/c1-17(11-14-8-5-9-14)12-16(19)18-15(17)10-13-6-3-2-4-7-13/h2-4,6-7,14-15H,5,8-12H2,1H3,(H,18,19). The van der Waals surface area contributed by atoms with Gasteiger partial charge in [0.15, 0.2) is 0 Å². The van der Waals surface area contributed by atoms with Crippen molar-refractivity contribution >= 4 is 5.91 Å². The van der Waals surface area contributed by atoms with Gasteiger partial charge in [-0.25, -0.2) is 0 Å². The number of hydrogen-bond acceptors (Lipinski definition) is 1. The molecule has 2 fully saturated rings. The van der Waals surface area contributed by atoms with Gasteiger partial charge in [-0.05, 0) is 29.7 Å². The summed E-state index contributed by atoms with van der Waals surface area (Å²) in [5.41, 5.74) is 1.48. The van der Waals surface area contributed by atoms with Gasteiger partial charge in [-0.2, -0.15) is 0 Å². The molecule has 0 radical (unpaired) electrons. The smallest absolute Gasteiger partial charge is 0.220 e. The van der Waals surface area contributed by atoms with E-state index in [0.29, 0.717) is 12.5 Å². The zero-order valence-electron chi connectivity index (χ0n) is 11.7. The van der Waals surface area contributed by atoms with Gasteiger partial charge < -0.3 is 5.32 Å². The fraction of sp³-hybridized carbons (Fsp3) is 0.588. The molecule has 0 bridgehead atoms. The van der Waals surface area contributed by atoms with Crippen LogP contribution in [0.3, 0.4) is 0 Å². The second-order valence-electron chi connectivity index (χ2n) is 6.64. The van der Waals surface area contributed by atoms with Crippen molar-refractivity contribution in [3.05, 3.63) is 35.9 Å². The van der Waals surface area contributed by atoms with Crippen LogP contribution in [-0.2, 0) is 11.2 Å². The molecule has 0 aromatic heterocycles. The van der Waals surface area contributed by atoms with E-state index in [2.05, 4.69) is 36.5 Å². The van der Waals surface area contributed by atoms with Gasteiger partial charge in [0.1, 0.15) is 0 Å². The SMILES string of the molecule is CC1(CC2CCC2)CC(=O)NC1Cc1ccccc1. The van der Waals surface area contributed by atoms with E-state index >= 15 is 0 Å². The third-order valence-electron chi connectivity index (χ3n) is 5.00. The summed E-state index contributed by atoms with van der Waals surface area (Å²) in [5.74, 6) is 1.10. The molecule has 0 spiro atoms. The number of benzene rings is 1. The summed E-state index contributed by atoms with van der Waals surface area (Å²) < 4.78 is 0. The van der Waals surface area contributed by atoms with Crippen molar-refractivity contribution in [1.29, 1.82) is 0 Å². The number of nitrogens with one attached hydrogen (secondary N) is 1. The maximum absolute atomic E-state index is 11.8. The first kappa shape index (κ1) is 12.7. The van der Waals surface area contributed by atoms with Crippen LogP contribution < -0.4 is 5.32 Å². The summed E-state index contributed by atoms with van der Waals surface area (Å²) in [6.07, 6.45) is 7.00. The third kappa shape index (κ3) is 2.68. The fourth-order valence-corrected chi connectivity index (χ4v) is 3.63. The Labute approximate surface area is 115 Å². The summed E-state index contributed by atoms with van der Waals surface area (Å²) in [6.45, 7) is 2.30. The molecule has 2 heteroatoms. The molecule has 1 saturated carbocycles. The number of carbonyl (C=O) groups excluding carboxylic acids is 1. The summed E-state index contributed by atoms with van der Waals surface area (Å²) in [4.78, 5) is 11.8. The van der Waals surface area contributed by atoms with Crippen molar-refractivity contribution in [2.75, 3.05) is 0 Å². The van der Waals surface area contributed by atoms with Gasteiger partial charge >= 0.3 is 0 Å². The Kier molecular flexibility index (Phi) is 3.34. The highest BCUT2D eigenvalue weighted by Crippen LogP contribution is 2.44. The second-order valence-corrected chi connectivity index (χ2v) is 6.64. The Morgan fingerprint density at radius 1 is 1.26 bits per heavy atom. The van der Waals surface area contributed by atoms with Crippen molar-refractivity contribution < 1.29 is 4.79 Å². The van der Waals surface area contributed by atoms with Crippen LogP contribution >= 0.6 is 0 Å². The molecule has 2 unspecified atom stereocenters. The van der Waals surface area contributed by atoms with Crippen LogP contribution in [0.15, 0.2) is 30.3 Å². The van der Waals surface area contributed by atoms with E-state index in [0.717, 1.165) is 12.3 Å². The molecule has 19 heavy (non-hydrogen) atoms. The highest BCUT2D eigenvalue weighted by Gasteiger charge is 2.44. The molecule has 2 aliphatic rings. The lowest BCUT2D eigenvalue weighted by molar-refractivity contribution is -0.119. The molecule has 1 saturated heterocycles. The number of amides is 1. The summed E-state index contributed by atoms with van der Waals surface area (Å²) in [7, 11) is 0. The number of rotatable bonds is 4. The van der Waals surface area contributed by atoms with E-state index in [1.54, 1.807) is 0 Å². The molecule has 102 valence electrons. The average molecular weight is 257 g/mol. The van der Waals surface area contributed by atoms with Gasteiger partial charge in [0.05, 0.1) is 0 Å². The maximum Gasteiger partial charge on any atom is 0.220 e. The molecule has 1 amide bonds. The summed E-state index contributed by atoms with van der Waals surface area (Å²) >= 11 is 0. The van der Waals surface area contributed by atoms with Gasteiger partial charge in [-0.15, -0.1) is 0 Å². The Balaban J connectivity index is 1.72. The summed E-state index contributed by atoms with van der Waals surface area (Å²) in [5, 5.41) is 3.21. The van der Waals surface area contributed by atoms with Crippen LogP contribution in [0.2, 0.25) is 0 Å². The average Bonchev–Trinajstić information content (AvgIpc) is 2.61. The van der Waals surface area contributed by atoms with E-state index in [1.807, 2.05) is 6.07 Å². The highest BCUT2D eigenvalue weighted by atomic mass is 16.2. The van der Waals surface area contributed by atoms with Crippen LogP contribution in [0, 0.1) is 11.3 Å². The quantitative estimate of drug-likeness (QED) is 0.881. The van der Waals surface area contributed by atoms with Gasteiger partial charge in [0, 0.05) is 12.5 Å². The van der Waals surface area contributed by atoms with Gasteiger partial charge in [-0.3, -0.25) is 4.79 Å². The van der Waals surface area contributed by atoms with Crippen LogP contribution in [0.4, 0.5) is 0 Å². The Bertz CT molecular complexity index is 452. The van der Waals surface area contributed by atoms with E-state index in [4.69, 9.17) is 0 Å². The Morgan fingerprint density at radius 2 is 2.00 bits per heavy atom. The minimum absolute atomic E-state index is 0.151. The highest BCUT2D eigenvalue weighted by molar-refractivity contribution is 5.80. The predicted molar refractivity (Wildman–Crippen MR) is 76.8 cm³/mol. The van der Waals surface area contributed by atoms with Crippen LogP contribution in [-0.4, -0.2) is 11.9 Å². The predicted octanol–water partition coefficient (Wildman–Crippen LogP) is 3.31. The summed E-state index contributed by atoms with van der Waals surface area (Å²) in [6, 6.07) is 10.8. The largest absolute Gasteiger partial charge is 0.352 e. The second kappa shape index (κ2) is 4.99. The van der Waals surface area contributed by atoms with Crippen LogP contribution in [0.5, 0.6) is 0 Å². The van der Waals surface area contributed by atoms with Gasteiger partial charge in [0.25, 0.3) is 0 Å². The molecular weight excluding hydrogens is 234 g/mol. The van der Waals surface area contributed by atoms with Crippen molar-refractivity contribution in [2.45, 2.75) is 51.5 Å². The molecule has 1 aliphatic carbocycles. The third-order valence-corrected chi connectivity index (χ3v) is 5.00. The Morgan fingerprint density at radius 3 is 2.63 bits per heavy atom. The molecule has 1 aromatic rings. The molecule has 2 nitrogen and oxygen atoms in total. The lowest BCUT2D eigenvalue weighted by Gasteiger charge is -2.37. The van der Waals surface area contributed by atoms with E-state index in [1.165, 1.54) is 31.2 Å². The van der Waals surface area contributed by atoms with Crippen molar-refractivity contribution in [2.24, 2.45) is 11.3 Å². The first-order valence-electron chi connectivity index (χ1n) is 7.49. The van der Waals surface area contributed by atoms with Crippen molar-refractivity contribution in [3.63, 3.8) is 0 Å².